The van der Waals surface area contributed by atoms with Crippen molar-refractivity contribution >= 4 is 29.3 Å². The fourth-order valence-electron chi connectivity index (χ4n) is 1.81. The second-order valence-corrected chi connectivity index (χ2v) is 5.72. The quantitative estimate of drug-likeness (QED) is 0.679. The lowest BCUT2D eigenvalue weighted by Gasteiger charge is -2.06. The fraction of sp³-hybridized carbons (Fsp3) is 0.267. The Bertz CT molecular complexity index is 631. The van der Waals surface area contributed by atoms with Crippen molar-refractivity contribution in [1.29, 1.82) is 0 Å². The number of thioether (sulfide) groups is 1. The van der Waals surface area contributed by atoms with Crippen molar-refractivity contribution in [1.82, 2.24) is 15.3 Å². The number of rotatable bonds is 5. The summed E-state index contributed by atoms with van der Waals surface area (Å²) < 4.78 is 0. The molecule has 1 amide bonds. The average molecular weight is 322 g/mol. The predicted octanol–water partition coefficient (Wildman–Crippen LogP) is 3.13. The van der Waals surface area contributed by atoms with Crippen molar-refractivity contribution in [3.63, 3.8) is 0 Å². The van der Waals surface area contributed by atoms with E-state index in [2.05, 4.69) is 15.3 Å². The van der Waals surface area contributed by atoms with E-state index >= 15 is 0 Å². The third-order valence-electron chi connectivity index (χ3n) is 2.86. The molecular weight excluding hydrogens is 306 g/mol. The molecule has 0 radical (unpaired) electrons. The Hall–Kier alpha value is -1.59. The van der Waals surface area contributed by atoms with Gasteiger partial charge in [-0.25, -0.2) is 9.97 Å². The zero-order valence-electron chi connectivity index (χ0n) is 11.9. The molecule has 1 aromatic carbocycles. The summed E-state index contributed by atoms with van der Waals surface area (Å²) in [6.07, 6.45) is 2.64. The number of nitrogens with one attached hydrogen (secondary N) is 1. The highest BCUT2D eigenvalue weighted by Crippen LogP contribution is 2.11. The number of carbonyl (C=O) groups is 1. The van der Waals surface area contributed by atoms with Crippen LogP contribution >= 0.6 is 23.4 Å². The maximum atomic E-state index is 12.1. The molecule has 1 heterocycles. The van der Waals surface area contributed by atoms with Gasteiger partial charge in [0, 0.05) is 17.3 Å². The van der Waals surface area contributed by atoms with E-state index in [0.29, 0.717) is 22.4 Å². The van der Waals surface area contributed by atoms with Gasteiger partial charge in [0.2, 0.25) is 0 Å². The lowest BCUT2D eigenvalue weighted by molar-refractivity contribution is 0.0948. The van der Waals surface area contributed by atoms with Gasteiger partial charge < -0.3 is 5.32 Å². The van der Waals surface area contributed by atoms with Gasteiger partial charge in [-0.15, -0.1) is 0 Å². The number of aryl methyl sites for hydroxylation is 1. The van der Waals surface area contributed by atoms with Gasteiger partial charge in [0.25, 0.3) is 5.91 Å². The predicted molar refractivity (Wildman–Crippen MR) is 86.0 cm³/mol. The fourth-order valence-corrected chi connectivity index (χ4v) is 2.36. The Labute approximate surface area is 133 Å². The van der Waals surface area contributed by atoms with Crippen LogP contribution in [0, 0.1) is 6.92 Å². The molecule has 0 bridgehead atoms. The van der Waals surface area contributed by atoms with Crippen molar-refractivity contribution in [3.8, 4) is 0 Å². The molecular formula is C15H16ClN3OS. The first-order valence-electron chi connectivity index (χ1n) is 6.51. The molecule has 4 nitrogen and oxygen atoms in total. The first-order valence-corrected chi connectivity index (χ1v) is 8.11. The van der Waals surface area contributed by atoms with Gasteiger partial charge >= 0.3 is 0 Å². The van der Waals surface area contributed by atoms with Crippen LogP contribution in [-0.2, 0) is 6.42 Å². The molecule has 2 aromatic rings. The molecule has 1 aromatic heterocycles. The molecule has 1 N–H and O–H groups in total. The van der Waals surface area contributed by atoms with Crippen LogP contribution in [0.5, 0.6) is 0 Å². The van der Waals surface area contributed by atoms with Crippen molar-refractivity contribution in [3.05, 3.63) is 52.3 Å². The summed E-state index contributed by atoms with van der Waals surface area (Å²) >= 11 is 7.26. The van der Waals surface area contributed by atoms with E-state index in [0.717, 1.165) is 17.7 Å². The zero-order valence-corrected chi connectivity index (χ0v) is 13.5. The summed E-state index contributed by atoms with van der Waals surface area (Å²) in [5, 5.41) is 4.19. The highest BCUT2D eigenvalue weighted by atomic mass is 35.5. The molecule has 0 fully saturated rings. The van der Waals surface area contributed by atoms with Crippen LogP contribution in [0.3, 0.4) is 0 Å². The molecule has 110 valence electrons. The number of benzene rings is 1. The number of aromatic nitrogens is 2. The highest BCUT2D eigenvalue weighted by molar-refractivity contribution is 7.98. The first-order chi connectivity index (χ1) is 10.1. The monoisotopic (exact) mass is 321 g/mol. The molecule has 21 heavy (non-hydrogen) atoms. The van der Waals surface area contributed by atoms with Crippen molar-refractivity contribution in [2.45, 2.75) is 18.5 Å². The number of amides is 1. The Morgan fingerprint density at radius 2 is 2.00 bits per heavy atom. The SMILES string of the molecule is CSc1nc(C)cc(C(=O)NCCc2ccc(Cl)cc2)n1. The van der Waals surface area contributed by atoms with Crippen molar-refractivity contribution in [2.75, 3.05) is 12.8 Å². The molecule has 0 spiro atoms. The van der Waals surface area contributed by atoms with E-state index in [4.69, 9.17) is 11.6 Å². The Balaban J connectivity index is 1.92. The normalized spacial score (nSPS) is 10.4. The summed E-state index contributed by atoms with van der Waals surface area (Å²) in [6, 6.07) is 9.29. The van der Waals surface area contributed by atoms with Crippen LogP contribution in [-0.4, -0.2) is 28.7 Å². The molecule has 0 aliphatic carbocycles. The van der Waals surface area contributed by atoms with Crippen LogP contribution in [0.25, 0.3) is 0 Å². The minimum absolute atomic E-state index is 0.176. The Morgan fingerprint density at radius 1 is 1.29 bits per heavy atom. The zero-order chi connectivity index (χ0) is 15.2. The largest absolute Gasteiger partial charge is 0.350 e. The molecule has 0 aliphatic rings. The minimum atomic E-state index is -0.176. The highest BCUT2D eigenvalue weighted by Gasteiger charge is 2.09. The number of halogens is 1. The minimum Gasteiger partial charge on any atom is -0.350 e. The van der Waals surface area contributed by atoms with E-state index in [-0.39, 0.29) is 5.91 Å². The van der Waals surface area contributed by atoms with Crippen molar-refractivity contribution in [2.24, 2.45) is 0 Å². The standard InChI is InChI=1S/C15H16ClN3OS/c1-10-9-13(19-15(18-10)21-2)14(20)17-8-7-11-3-5-12(16)6-4-11/h3-6,9H,7-8H2,1-2H3,(H,17,20). The van der Waals surface area contributed by atoms with Gasteiger partial charge in [-0.3, -0.25) is 4.79 Å². The van der Waals surface area contributed by atoms with E-state index < -0.39 is 0 Å². The molecule has 0 aliphatic heterocycles. The summed E-state index contributed by atoms with van der Waals surface area (Å²) in [5.74, 6) is -0.176. The van der Waals surface area contributed by atoms with Gasteiger partial charge in [-0.1, -0.05) is 35.5 Å². The molecule has 0 atom stereocenters. The lowest BCUT2D eigenvalue weighted by atomic mass is 10.1. The smallest absolute Gasteiger partial charge is 0.270 e. The van der Waals surface area contributed by atoms with Gasteiger partial charge in [-0.05, 0) is 43.4 Å². The third kappa shape index (κ3) is 4.72. The number of nitrogens with zero attached hydrogens (tertiary/aromatic N) is 2. The Kier molecular flexibility index (Phi) is 5.59. The second-order valence-electron chi connectivity index (χ2n) is 4.51. The average Bonchev–Trinajstić information content (AvgIpc) is 2.48. The van der Waals surface area contributed by atoms with Crippen LogP contribution in [0.1, 0.15) is 21.7 Å². The maximum absolute atomic E-state index is 12.1. The van der Waals surface area contributed by atoms with E-state index in [1.165, 1.54) is 11.8 Å². The number of hydrogen-bond donors (Lipinski definition) is 1. The number of hydrogen-bond acceptors (Lipinski definition) is 4. The summed E-state index contributed by atoms with van der Waals surface area (Å²) in [5.41, 5.74) is 2.32. The summed E-state index contributed by atoms with van der Waals surface area (Å²) in [6.45, 7) is 2.41. The molecule has 0 saturated heterocycles. The van der Waals surface area contributed by atoms with Crippen molar-refractivity contribution < 1.29 is 4.79 Å². The molecule has 0 unspecified atom stereocenters. The summed E-state index contributed by atoms with van der Waals surface area (Å²) in [7, 11) is 0. The van der Waals surface area contributed by atoms with E-state index in [9.17, 15) is 4.79 Å². The third-order valence-corrected chi connectivity index (χ3v) is 3.66. The number of carbonyl (C=O) groups excluding carboxylic acids is 1. The first kappa shape index (κ1) is 15.8. The molecule has 2 rings (SSSR count). The molecule has 6 heteroatoms. The van der Waals surface area contributed by atoms with Gasteiger partial charge in [0.15, 0.2) is 5.16 Å². The van der Waals surface area contributed by atoms with Crippen LogP contribution in [0.2, 0.25) is 5.02 Å². The summed E-state index contributed by atoms with van der Waals surface area (Å²) in [4.78, 5) is 20.5. The van der Waals surface area contributed by atoms with E-state index in [1.54, 1.807) is 6.07 Å². The second kappa shape index (κ2) is 7.43. The van der Waals surface area contributed by atoms with Crippen LogP contribution in [0.4, 0.5) is 0 Å². The maximum Gasteiger partial charge on any atom is 0.270 e. The lowest BCUT2D eigenvalue weighted by Crippen LogP contribution is -2.27. The van der Waals surface area contributed by atoms with Crippen LogP contribution in [0.15, 0.2) is 35.5 Å². The van der Waals surface area contributed by atoms with Gasteiger partial charge in [-0.2, -0.15) is 0 Å². The van der Waals surface area contributed by atoms with Gasteiger partial charge in [0.05, 0.1) is 0 Å². The van der Waals surface area contributed by atoms with Crippen LogP contribution < -0.4 is 5.32 Å². The molecule has 0 saturated carbocycles. The van der Waals surface area contributed by atoms with Gasteiger partial charge in [0.1, 0.15) is 5.69 Å². The topological polar surface area (TPSA) is 54.9 Å². The Morgan fingerprint density at radius 3 is 2.67 bits per heavy atom. The van der Waals surface area contributed by atoms with E-state index in [1.807, 2.05) is 37.4 Å².